The Kier molecular flexibility index (Phi) is 6.10. The molecule has 0 radical (unpaired) electrons. The molecule has 3 atom stereocenters. The van der Waals surface area contributed by atoms with Gasteiger partial charge in [-0.05, 0) is 69.1 Å². The Morgan fingerprint density at radius 2 is 1.88 bits per heavy atom. The molecule has 2 fully saturated rings. The van der Waals surface area contributed by atoms with E-state index in [2.05, 4.69) is 4.90 Å². The third-order valence-corrected chi connectivity index (χ3v) is 7.35. The number of amides is 1. The second-order valence-corrected chi connectivity index (χ2v) is 9.40. The zero-order chi connectivity index (χ0) is 22.9. The average molecular weight is 437 g/mol. The summed E-state index contributed by atoms with van der Waals surface area (Å²) in [6, 6.07) is 16.9. The lowest BCUT2D eigenvalue weighted by Gasteiger charge is -2.58. The number of β-amino-alcohol motifs (C(OH)–C–C–N with tert-alkyl or cyclic N) is 1. The second-order valence-electron chi connectivity index (χ2n) is 9.40. The molecule has 3 unspecified atom stereocenters. The molecule has 1 aliphatic carbocycles. The number of esters is 1. The molecule has 2 aliphatic rings. The molecule has 1 saturated heterocycles. The van der Waals surface area contributed by atoms with E-state index in [0.717, 1.165) is 24.9 Å². The van der Waals surface area contributed by atoms with Crippen LogP contribution in [0.25, 0.3) is 0 Å². The minimum Gasteiger partial charge on any atom is -0.427 e. The molecule has 1 saturated carbocycles. The van der Waals surface area contributed by atoms with Crippen LogP contribution in [0.2, 0.25) is 0 Å². The maximum atomic E-state index is 13.1. The van der Waals surface area contributed by atoms with Crippen molar-refractivity contribution in [3.05, 3.63) is 65.7 Å². The molecular formula is C26H32N2O4. The Bertz CT molecular complexity index is 994. The van der Waals surface area contributed by atoms with Gasteiger partial charge in [0.1, 0.15) is 5.75 Å². The van der Waals surface area contributed by atoms with Gasteiger partial charge in [0.25, 0.3) is 5.91 Å². The summed E-state index contributed by atoms with van der Waals surface area (Å²) in [5.41, 5.74) is 0.202. The Labute approximate surface area is 189 Å². The number of fused-ring (bicyclic) bond motifs is 1. The normalized spacial score (nSPS) is 27.9. The van der Waals surface area contributed by atoms with Crippen LogP contribution in [0.1, 0.15) is 48.5 Å². The van der Waals surface area contributed by atoms with Gasteiger partial charge in [0.2, 0.25) is 0 Å². The molecule has 1 heterocycles. The molecular weight excluding hydrogens is 404 g/mol. The molecule has 0 bridgehead atoms. The summed E-state index contributed by atoms with van der Waals surface area (Å²) in [5, 5.41) is 11.9. The summed E-state index contributed by atoms with van der Waals surface area (Å²) in [7, 11) is 3.90. The van der Waals surface area contributed by atoms with E-state index in [1.807, 2.05) is 67.5 Å². The van der Waals surface area contributed by atoms with Crippen LogP contribution in [0, 0.1) is 0 Å². The van der Waals surface area contributed by atoms with Gasteiger partial charge < -0.3 is 19.6 Å². The van der Waals surface area contributed by atoms with Crippen LogP contribution < -0.4 is 4.74 Å². The van der Waals surface area contributed by atoms with Crippen molar-refractivity contribution < 1.29 is 19.4 Å². The van der Waals surface area contributed by atoms with Crippen LogP contribution in [0.3, 0.4) is 0 Å². The van der Waals surface area contributed by atoms with Gasteiger partial charge in [-0.15, -0.1) is 0 Å². The van der Waals surface area contributed by atoms with Crippen molar-refractivity contribution in [3.8, 4) is 5.75 Å². The second kappa shape index (κ2) is 8.68. The van der Waals surface area contributed by atoms with Crippen molar-refractivity contribution in [3.63, 3.8) is 0 Å². The molecule has 2 aromatic rings. The van der Waals surface area contributed by atoms with E-state index in [1.165, 1.54) is 6.92 Å². The first-order valence-corrected chi connectivity index (χ1v) is 11.3. The van der Waals surface area contributed by atoms with Crippen molar-refractivity contribution in [2.75, 3.05) is 27.2 Å². The predicted molar refractivity (Wildman–Crippen MR) is 123 cm³/mol. The van der Waals surface area contributed by atoms with E-state index in [4.69, 9.17) is 4.74 Å². The van der Waals surface area contributed by atoms with E-state index in [9.17, 15) is 14.7 Å². The molecule has 170 valence electrons. The van der Waals surface area contributed by atoms with E-state index < -0.39 is 11.0 Å². The van der Waals surface area contributed by atoms with Gasteiger partial charge in [-0.3, -0.25) is 9.59 Å². The molecule has 32 heavy (non-hydrogen) atoms. The Morgan fingerprint density at radius 3 is 2.59 bits per heavy atom. The first kappa shape index (κ1) is 22.5. The van der Waals surface area contributed by atoms with E-state index >= 15 is 0 Å². The molecule has 2 aromatic carbocycles. The summed E-state index contributed by atoms with van der Waals surface area (Å²) in [4.78, 5) is 28.7. The Hall–Kier alpha value is -2.70. The molecule has 6 heteroatoms. The largest absolute Gasteiger partial charge is 0.427 e. The first-order valence-electron chi connectivity index (χ1n) is 11.3. The molecule has 4 rings (SSSR count). The summed E-state index contributed by atoms with van der Waals surface area (Å²) >= 11 is 0. The SMILES string of the molecule is CC(=O)Oc1cccc(C23CCN(C)CC2(O)CCC(N(C)C(=O)c2ccccc2)C3)c1. The van der Waals surface area contributed by atoms with Gasteiger partial charge in [0, 0.05) is 37.5 Å². The highest BCUT2D eigenvalue weighted by molar-refractivity contribution is 5.94. The summed E-state index contributed by atoms with van der Waals surface area (Å²) < 4.78 is 5.35. The highest BCUT2D eigenvalue weighted by Gasteiger charge is 2.57. The number of carbonyl (C=O) groups is 2. The number of aliphatic hydroxyl groups is 1. The number of rotatable bonds is 4. The number of hydrogen-bond donors (Lipinski definition) is 1. The maximum absolute atomic E-state index is 13.1. The fourth-order valence-corrected chi connectivity index (χ4v) is 5.65. The summed E-state index contributed by atoms with van der Waals surface area (Å²) in [6.07, 6.45) is 2.78. The third kappa shape index (κ3) is 4.05. The number of carbonyl (C=O) groups excluding carboxylic acids is 2. The molecule has 0 spiro atoms. The number of ether oxygens (including phenoxy) is 1. The summed E-state index contributed by atoms with van der Waals surface area (Å²) in [5.74, 6) is 0.118. The lowest BCUT2D eigenvalue weighted by molar-refractivity contribution is -0.132. The monoisotopic (exact) mass is 436 g/mol. The van der Waals surface area contributed by atoms with E-state index in [0.29, 0.717) is 30.7 Å². The number of benzene rings is 2. The van der Waals surface area contributed by atoms with Crippen LogP contribution >= 0.6 is 0 Å². The van der Waals surface area contributed by atoms with Gasteiger partial charge >= 0.3 is 5.97 Å². The van der Waals surface area contributed by atoms with E-state index in [1.54, 1.807) is 6.07 Å². The Balaban J connectivity index is 1.69. The number of likely N-dealkylation sites (tertiary alicyclic amines) is 1. The van der Waals surface area contributed by atoms with Gasteiger partial charge in [0.15, 0.2) is 0 Å². The summed E-state index contributed by atoms with van der Waals surface area (Å²) in [6.45, 7) is 2.81. The minimum atomic E-state index is -0.915. The third-order valence-electron chi connectivity index (χ3n) is 7.35. The lowest BCUT2D eigenvalue weighted by atomic mass is 9.55. The van der Waals surface area contributed by atoms with Gasteiger partial charge in [-0.25, -0.2) is 0 Å². The highest BCUT2D eigenvalue weighted by Crippen LogP contribution is 2.52. The van der Waals surface area contributed by atoms with Crippen molar-refractivity contribution in [1.82, 2.24) is 9.80 Å². The topological polar surface area (TPSA) is 70.1 Å². The van der Waals surface area contributed by atoms with Crippen molar-refractivity contribution in [1.29, 1.82) is 0 Å². The number of hydrogen-bond acceptors (Lipinski definition) is 5. The van der Waals surface area contributed by atoms with E-state index in [-0.39, 0.29) is 17.9 Å². The fraction of sp³-hybridized carbons (Fsp3) is 0.462. The number of nitrogens with zero attached hydrogens (tertiary/aromatic N) is 2. The van der Waals surface area contributed by atoms with Crippen molar-refractivity contribution in [2.45, 2.75) is 49.7 Å². The van der Waals surface area contributed by atoms with Crippen LogP contribution in [0.5, 0.6) is 5.75 Å². The molecule has 1 amide bonds. The zero-order valence-electron chi connectivity index (χ0n) is 19.1. The maximum Gasteiger partial charge on any atom is 0.308 e. The molecule has 6 nitrogen and oxygen atoms in total. The molecule has 1 aliphatic heterocycles. The highest BCUT2D eigenvalue weighted by atomic mass is 16.5. The standard InChI is InChI=1S/C26H32N2O4/c1-19(29)32-23-11-7-10-21(16-23)25-14-15-27(2)18-26(25,31)13-12-22(17-25)28(3)24(30)20-8-5-4-6-9-20/h4-11,16,22,31H,12-15,17-18H2,1-3H3. The average Bonchev–Trinajstić information content (AvgIpc) is 2.78. The minimum absolute atomic E-state index is 0.00205. The van der Waals surface area contributed by atoms with Crippen LogP contribution in [-0.2, 0) is 10.2 Å². The fourth-order valence-electron chi connectivity index (χ4n) is 5.65. The molecule has 1 N–H and O–H groups in total. The van der Waals surface area contributed by atoms with Gasteiger partial charge in [-0.2, -0.15) is 0 Å². The number of likely N-dealkylation sites (N-methyl/N-ethyl adjacent to an activating group) is 1. The van der Waals surface area contributed by atoms with Crippen LogP contribution in [0.15, 0.2) is 54.6 Å². The van der Waals surface area contributed by atoms with Crippen molar-refractivity contribution in [2.24, 2.45) is 0 Å². The quantitative estimate of drug-likeness (QED) is 0.589. The number of piperidine rings is 1. The smallest absolute Gasteiger partial charge is 0.308 e. The first-order chi connectivity index (χ1) is 15.2. The van der Waals surface area contributed by atoms with Gasteiger partial charge in [0.05, 0.1) is 5.60 Å². The molecule has 0 aromatic heterocycles. The Morgan fingerprint density at radius 1 is 1.12 bits per heavy atom. The lowest BCUT2D eigenvalue weighted by Crippen LogP contribution is -2.66. The predicted octanol–water partition coefficient (Wildman–Crippen LogP) is 3.24. The van der Waals surface area contributed by atoms with Gasteiger partial charge in [-0.1, -0.05) is 30.3 Å². The van der Waals surface area contributed by atoms with Crippen LogP contribution in [-0.4, -0.2) is 65.6 Å². The van der Waals surface area contributed by atoms with Crippen molar-refractivity contribution >= 4 is 11.9 Å². The van der Waals surface area contributed by atoms with Crippen LogP contribution in [0.4, 0.5) is 0 Å². The zero-order valence-corrected chi connectivity index (χ0v) is 19.1.